The van der Waals surface area contributed by atoms with Gasteiger partial charge in [-0.1, -0.05) is 13.0 Å². The van der Waals surface area contributed by atoms with Crippen molar-refractivity contribution in [2.75, 3.05) is 5.73 Å². The molecule has 64 valence electrons. The molecule has 1 nitrogen and oxygen atoms in total. The first kappa shape index (κ1) is 7.66. The van der Waals surface area contributed by atoms with Gasteiger partial charge in [0.05, 0.1) is 0 Å². The van der Waals surface area contributed by atoms with Gasteiger partial charge in [0.2, 0.25) is 0 Å². The molecule has 0 saturated heterocycles. The van der Waals surface area contributed by atoms with E-state index in [0.29, 0.717) is 0 Å². The fourth-order valence-electron chi connectivity index (χ4n) is 1.96. The molecule has 1 heteroatoms. The summed E-state index contributed by atoms with van der Waals surface area (Å²) in [6.07, 6.45) is 3.76. The number of hydrogen-bond acceptors (Lipinski definition) is 1. The zero-order valence-corrected chi connectivity index (χ0v) is 7.51. The van der Waals surface area contributed by atoms with Crippen molar-refractivity contribution in [3.8, 4) is 0 Å². The Hall–Kier alpha value is -0.980. The molecule has 0 fully saturated rings. The van der Waals surface area contributed by atoms with Crippen LogP contribution in [0.2, 0.25) is 0 Å². The van der Waals surface area contributed by atoms with Gasteiger partial charge in [0.15, 0.2) is 0 Å². The number of fused-ring (bicyclic) bond motifs is 1. The zero-order chi connectivity index (χ0) is 8.55. The number of nitrogens with two attached hydrogens (primary N) is 1. The van der Waals surface area contributed by atoms with Gasteiger partial charge in [0.1, 0.15) is 0 Å². The molecule has 0 aliphatic heterocycles. The van der Waals surface area contributed by atoms with Gasteiger partial charge in [-0.15, -0.1) is 0 Å². The molecule has 0 saturated carbocycles. The number of anilines is 1. The number of hydrogen-bond donors (Lipinski definition) is 1. The molecule has 1 aromatic rings. The number of aryl methyl sites for hydroxylation is 1. The van der Waals surface area contributed by atoms with E-state index < -0.39 is 0 Å². The molecule has 1 aliphatic carbocycles. The van der Waals surface area contributed by atoms with E-state index in [1.807, 2.05) is 6.07 Å². The SMILES string of the molecule is CC1CCc2cc(N)ccc2C1. The van der Waals surface area contributed by atoms with E-state index in [9.17, 15) is 0 Å². The standard InChI is InChI=1S/C11H15N/c1-8-2-3-10-7-11(12)5-4-9(10)6-8/h4-5,7-8H,2-3,6,12H2,1H3. The second kappa shape index (κ2) is 2.81. The van der Waals surface area contributed by atoms with Crippen molar-refractivity contribution in [1.82, 2.24) is 0 Å². The molecule has 1 aromatic carbocycles. The van der Waals surface area contributed by atoms with Crippen LogP contribution in [0.1, 0.15) is 24.5 Å². The lowest BCUT2D eigenvalue weighted by atomic mass is 9.85. The van der Waals surface area contributed by atoms with Crippen molar-refractivity contribution < 1.29 is 0 Å². The summed E-state index contributed by atoms with van der Waals surface area (Å²) in [7, 11) is 0. The minimum atomic E-state index is 0.848. The number of rotatable bonds is 0. The van der Waals surface area contributed by atoms with Gasteiger partial charge in [-0.3, -0.25) is 0 Å². The Kier molecular flexibility index (Phi) is 1.80. The lowest BCUT2D eigenvalue weighted by Crippen LogP contribution is -2.11. The highest BCUT2D eigenvalue weighted by Gasteiger charge is 2.14. The molecule has 0 heterocycles. The van der Waals surface area contributed by atoms with Crippen molar-refractivity contribution >= 4 is 5.69 Å². The van der Waals surface area contributed by atoms with E-state index >= 15 is 0 Å². The summed E-state index contributed by atoms with van der Waals surface area (Å²) in [6.45, 7) is 2.32. The largest absolute Gasteiger partial charge is 0.399 e. The van der Waals surface area contributed by atoms with E-state index in [0.717, 1.165) is 11.6 Å². The van der Waals surface area contributed by atoms with Crippen LogP contribution in [0.25, 0.3) is 0 Å². The Morgan fingerprint density at radius 2 is 2.17 bits per heavy atom. The summed E-state index contributed by atoms with van der Waals surface area (Å²) < 4.78 is 0. The Morgan fingerprint density at radius 1 is 1.33 bits per heavy atom. The summed E-state index contributed by atoms with van der Waals surface area (Å²) in [5, 5.41) is 0. The van der Waals surface area contributed by atoms with Crippen LogP contribution in [0.3, 0.4) is 0 Å². The van der Waals surface area contributed by atoms with Gasteiger partial charge in [-0.2, -0.15) is 0 Å². The maximum atomic E-state index is 5.72. The van der Waals surface area contributed by atoms with Crippen molar-refractivity contribution in [2.24, 2.45) is 5.92 Å². The van der Waals surface area contributed by atoms with Crippen LogP contribution in [0.5, 0.6) is 0 Å². The smallest absolute Gasteiger partial charge is 0.0316 e. The van der Waals surface area contributed by atoms with Crippen molar-refractivity contribution in [3.05, 3.63) is 29.3 Å². The monoisotopic (exact) mass is 161 g/mol. The summed E-state index contributed by atoms with van der Waals surface area (Å²) in [6, 6.07) is 6.32. The van der Waals surface area contributed by atoms with E-state index in [4.69, 9.17) is 5.73 Å². The fourth-order valence-corrected chi connectivity index (χ4v) is 1.96. The quantitative estimate of drug-likeness (QED) is 0.581. The molecular formula is C11H15N. The lowest BCUT2D eigenvalue weighted by Gasteiger charge is -2.21. The summed E-state index contributed by atoms with van der Waals surface area (Å²) in [5.41, 5.74) is 9.59. The average molecular weight is 161 g/mol. The minimum absolute atomic E-state index is 0.848. The molecule has 0 radical (unpaired) electrons. The second-order valence-corrected chi connectivity index (χ2v) is 3.88. The Labute approximate surface area is 73.6 Å². The van der Waals surface area contributed by atoms with Crippen LogP contribution in [-0.2, 0) is 12.8 Å². The van der Waals surface area contributed by atoms with E-state index in [-0.39, 0.29) is 0 Å². The average Bonchev–Trinajstić information content (AvgIpc) is 2.05. The van der Waals surface area contributed by atoms with Crippen LogP contribution in [0.15, 0.2) is 18.2 Å². The van der Waals surface area contributed by atoms with Crippen LogP contribution in [0, 0.1) is 5.92 Å². The predicted octanol–water partition coefficient (Wildman–Crippen LogP) is 2.39. The number of nitrogen functional groups attached to an aromatic ring is 1. The van der Waals surface area contributed by atoms with E-state index in [2.05, 4.69) is 19.1 Å². The van der Waals surface area contributed by atoms with Gasteiger partial charge in [0.25, 0.3) is 0 Å². The maximum Gasteiger partial charge on any atom is 0.0316 e. The van der Waals surface area contributed by atoms with Crippen molar-refractivity contribution in [2.45, 2.75) is 26.2 Å². The first-order valence-electron chi connectivity index (χ1n) is 4.63. The van der Waals surface area contributed by atoms with Gasteiger partial charge >= 0.3 is 0 Å². The van der Waals surface area contributed by atoms with Crippen LogP contribution in [-0.4, -0.2) is 0 Å². The molecular weight excluding hydrogens is 146 g/mol. The maximum absolute atomic E-state index is 5.72. The first-order valence-corrected chi connectivity index (χ1v) is 4.63. The Bertz CT molecular complexity index is 291. The van der Waals surface area contributed by atoms with Crippen LogP contribution < -0.4 is 5.73 Å². The topological polar surface area (TPSA) is 26.0 Å². The number of benzene rings is 1. The molecule has 0 aromatic heterocycles. The Balaban J connectivity index is 2.37. The third-order valence-corrected chi connectivity index (χ3v) is 2.71. The predicted molar refractivity (Wildman–Crippen MR) is 52.0 cm³/mol. The minimum Gasteiger partial charge on any atom is -0.399 e. The second-order valence-electron chi connectivity index (χ2n) is 3.88. The molecule has 1 unspecified atom stereocenters. The highest BCUT2D eigenvalue weighted by molar-refractivity contribution is 5.45. The van der Waals surface area contributed by atoms with Gasteiger partial charge in [0, 0.05) is 5.69 Å². The molecule has 0 amide bonds. The van der Waals surface area contributed by atoms with Gasteiger partial charge < -0.3 is 5.73 Å². The van der Waals surface area contributed by atoms with E-state index in [1.165, 1.54) is 30.4 Å². The molecule has 2 N–H and O–H groups in total. The summed E-state index contributed by atoms with van der Waals surface area (Å²) in [5.74, 6) is 0.848. The molecule has 1 atom stereocenters. The lowest BCUT2D eigenvalue weighted by molar-refractivity contribution is 0.501. The zero-order valence-electron chi connectivity index (χ0n) is 7.51. The fraction of sp³-hybridized carbons (Fsp3) is 0.455. The normalized spacial score (nSPS) is 21.9. The summed E-state index contributed by atoms with van der Waals surface area (Å²) >= 11 is 0. The third-order valence-electron chi connectivity index (χ3n) is 2.71. The van der Waals surface area contributed by atoms with E-state index in [1.54, 1.807) is 0 Å². The molecule has 0 spiro atoms. The van der Waals surface area contributed by atoms with Crippen LogP contribution in [0.4, 0.5) is 5.69 Å². The van der Waals surface area contributed by atoms with Gasteiger partial charge in [-0.05, 0) is 48.4 Å². The molecule has 1 aliphatic rings. The molecule has 12 heavy (non-hydrogen) atoms. The molecule has 0 bridgehead atoms. The van der Waals surface area contributed by atoms with Crippen molar-refractivity contribution in [1.29, 1.82) is 0 Å². The first-order chi connectivity index (χ1) is 5.75. The highest BCUT2D eigenvalue weighted by atomic mass is 14.5. The van der Waals surface area contributed by atoms with Crippen LogP contribution >= 0.6 is 0 Å². The van der Waals surface area contributed by atoms with Crippen molar-refractivity contribution in [3.63, 3.8) is 0 Å². The third kappa shape index (κ3) is 1.31. The summed E-state index contributed by atoms with van der Waals surface area (Å²) in [4.78, 5) is 0. The van der Waals surface area contributed by atoms with Gasteiger partial charge in [-0.25, -0.2) is 0 Å². The highest BCUT2D eigenvalue weighted by Crippen LogP contribution is 2.26. The molecule has 2 rings (SSSR count). The Morgan fingerprint density at radius 3 is 3.00 bits per heavy atom.